The number of thiazole rings is 1. The highest BCUT2D eigenvalue weighted by Gasteiger charge is 2.12. The fraction of sp³-hybridized carbons (Fsp3) is 0.462. The molecular weight excluding hydrogens is 230 g/mol. The van der Waals surface area contributed by atoms with Gasteiger partial charge in [0.25, 0.3) is 0 Å². The van der Waals surface area contributed by atoms with Crippen LogP contribution in [0.4, 0.5) is 5.13 Å². The highest BCUT2D eigenvalue weighted by Crippen LogP contribution is 2.28. The average Bonchev–Trinajstić information content (AvgIpc) is 2.74. The quantitative estimate of drug-likeness (QED) is 0.881. The first kappa shape index (κ1) is 11.0. The van der Waals surface area contributed by atoms with Crippen LogP contribution in [0, 0.1) is 6.92 Å². The first-order valence-corrected chi connectivity index (χ1v) is 7.02. The van der Waals surface area contributed by atoms with Gasteiger partial charge < -0.3 is 0 Å². The zero-order valence-electron chi connectivity index (χ0n) is 10.1. The predicted octanol–water partition coefficient (Wildman–Crippen LogP) is 3.42. The molecule has 0 spiro atoms. The Balaban J connectivity index is 1.83. The molecule has 0 atom stereocenters. The van der Waals surface area contributed by atoms with E-state index in [9.17, 15) is 0 Å². The lowest BCUT2D eigenvalue weighted by molar-refractivity contribution is 0.273. The van der Waals surface area contributed by atoms with Crippen LogP contribution in [0.15, 0.2) is 18.2 Å². The van der Waals surface area contributed by atoms with Crippen LogP contribution in [-0.2, 0) is 0 Å². The summed E-state index contributed by atoms with van der Waals surface area (Å²) in [7, 11) is 0. The summed E-state index contributed by atoms with van der Waals surface area (Å²) in [4.78, 5) is 4.67. The fourth-order valence-corrected chi connectivity index (χ4v) is 3.24. The molecule has 1 fully saturated rings. The van der Waals surface area contributed by atoms with E-state index < -0.39 is 0 Å². The maximum absolute atomic E-state index is 4.67. The molecule has 0 amide bonds. The van der Waals surface area contributed by atoms with Crippen LogP contribution >= 0.6 is 11.3 Å². The second kappa shape index (κ2) is 4.63. The Kier molecular flexibility index (Phi) is 2.99. The van der Waals surface area contributed by atoms with E-state index in [0.717, 1.165) is 23.7 Å². The van der Waals surface area contributed by atoms with Crippen molar-refractivity contribution < 1.29 is 0 Å². The van der Waals surface area contributed by atoms with Gasteiger partial charge >= 0.3 is 0 Å². The van der Waals surface area contributed by atoms with Crippen molar-refractivity contribution >= 4 is 26.7 Å². The number of nitrogens with zero attached hydrogens (tertiary/aromatic N) is 2. The number of hydrogen-bond acceptors (Lipinski definition) is 4. The average molecular weight is 247 g/mol. The number of piperidine rings is 1. The van der Waals surface area contributed by atoms with Crippen molar-refractivity contribution in [3.8, 4) is 0 Å². The molecule has 1 saturated heterocycles. The van der Waals surface area contributed by atoms with E-state index in [1.807, 2.05) is 0 Å². The first-order valence-electron chi connectivity index (χ1n) is 6.21. The van der Waals surface area contributed by atoms with E-state index in [4.69, 9.17) is 0 Å². The molecule has 1 aliphatic rings. The smallest absolute Gasteiger partial charge is 0.198 e. The molecule has 1 aromatic carbocycles. The minimum Gasteiger partial charge on any atom is -0.294 e. The summed E-state index contributed by atoms with van der Waals surface area (Å²) < 4.78 is 1.27. The molecule has 3 rings (SSSR count). The number of aromatic nitrogens is 1. The number of fused-ring (bicyclic) bond motifs is 1. The summed E-state index contributed by atoms with van der Waals surface area (Å²) in [6.45, 7) is 4.39. The number of hydrogen-bond donors (Lipinski definition) is 1. The van der Waals surface area contributed by atoms with Crippen molar-refractivity contribution in [3.05, 3.63) is 23.8 Å². The third kappa shape index (κ3) is 2.28. The molecule has 17 heavy (non-hydrogen) atoms. The van der Waals surface area contributed by atoms with Gasteiger partial charge in [0.05, 0.1) is 10.2 Å². The topological polar surface area (TPSA) is 28.2 Å². The normalized spacial score (nSPS) is 17.5. The maximum atomic E-state index is 4.67. The molecule has 2 heterocycles. The predicted molar refractivity (Wildman–Crippen MR) is 73.4 cm³/mol. The van der Waals surface area contributed by atoms with Gasteiger partial charge in [0.15, 0.2) is 5.13 Å². The summed E-state index contributed by atoms with van der Waals surface area (Å²) in [5.74, 6) is 0. The molecule has 1 N–H and O–H groups in total. The molecule has 1 aliphatic heterocycles. The van der Waals surface area contributed by atoms with Crippen LogP contribution in [0.5, 0.6) is 0 Å². The number of nitrogens with one attached hydrogen (secondary N) is 1. The first-order chi connectivity index (χ1) is 8.33. The molecule has 0 radical (unpaired) electrons. The number of anilines is 1. The summed E-state index contributed by atoms with van der Waals surface area (Å²) in [5.41, 5.74) is 5.83. The highest BCUT2D eigenvalue weighted by atomic mass is 32.1. The van der Waals surface area contributed by atoms with Crippen molar-refractivity contribution in [2.75, 3.05) is 18.5 Å². The van der Waals surface area contributed by atoms with Crippen LogP contribution in [0.25, 0.3) is 10.2 Å². The van der Waals surface area contributed by atoms with Gasteiger partial charge in [-0.3, -0.25) is 5.43 Å². The maximum Gasteiger partial charge on any atom is 0.198 e. The number of benzene rings is 1. The number of hydrazine groups is 1. The standard InChI is InChI=1S/C13H17N3S/c1-10-6-5-7-11-12(10)14-13(17-11)15-16-8-3-2-4-9-16/h5-7H,2-4,8-9H2,1H3,(H,14,15). The van der Waals surface area contributed by atoms with Crippen LogP contribution in [0.2, 0.25) is 0 Å². The van der Waals surface area contributed by atoms with Crippen molar-refractivity contribution in [2.24, 2.45) is 0 Å². The van der Waals surface area contributed by atoms with Gasteiger partial charge in [-0.05, 0) is 31.4 Å². The van der Waals surface area contributed by atoms with Gasteiger partial charge in [-0.15, -0.1) is 0 Å². The van der Waals surface area contributed by atoms with Crippen molar-refractivity contribution in [2.45, 2.75) is 26.2 Å². The van der Waals surface area contributed by atoms with E-state index in [0.29, 0.717) is 0 Å². The van der Waals surface area contributed by atoms with Crippen LogP contribution in [-0.4, -0.2) is 23.1 Å². The monoisotopic (exact) mass is 247 g/mol. The van der Waals surface area contributed by atoms with Crippen LogP contribution < -0.4 is 5.43 Å². The summed E-state index contributed by atoms with van der Waals surface area (Å²) in [6.07, 6.45) is 3.94. The molecule has 2 aromatic rings. The van der Waals surface area contributed by atoms with Gasteiger partial charge in [0.2, 0.25) is 0 Å². The molecule has 0 aliphatic carbocycles. The lowest BCUT2D eigenvalue weighted by Crippen LogP contribution is -2.34. The molecule has 1 aromatic heterocycles. The molecule has 0 saturated carbocycles. The van der Waals surface area contributed by atoms with Gasteiger partial charge in [0, 0.05) is 13.1 Å². The Bertz CT molecular complexity index is 514. The summed E-state index contributed by atoms with van der Waals surface area (Å²) >= 11 is 1.74. The Morgan fingerprint density at radius 2 is 2.06 bits per heavy atom. The summed E-state index contributed by atoms with van der Waals surface area (Å²) in [6, 6.07) is 6.36. The van der Waals surface area contributed by atoms with Gasteiger partial charge in [0.1, 0.15) is 0 Å². The SMILES string of the molecule is Cc1cccc2sc(NN3CCCCC3)nc12. The minimum atomic E-state index is 1.02. The molecular formula is C13H17N3S. The second-order valence-electron chi connectivity index (χ2n) is 4.60. The van der Waals surface area contributed by atoms with Crippen molar-refractivity contribution in [1.82, 2.24) is 9.99 Å². The number of aryl methyl sites for hydroxylation is 1. The molecule has 0 bridgehead atoms. The minimum absolute atomic E-state index is 1.02. The number of para-hydroxylation sites is 1. The van der Waals surface area contributed by atoms with E-state index in [2.05, 4.69) is 40.5 Å². The van der Waals surface area contributed by atoms with Gasteiger partial charge in [-0.2, -0.15) is 0 Å². The van der Waals surface area contributed by atoms with Gasteiger partial charge in [-0.1, -0.05) is 29.9 Å². The second-order valence-corrected chi connectivity index (χ2v) is 5.63. The number of rotatable bonds is 2. The van der Waals surface area contributed by atoms with E-state index in [1.54, 1.807) is 11.3 Å². The van der Waals surface area contributed by atoms with Gasteiger partial charge in [-0.25, -0.2) is 9.99 Å². The van der Waals surface area contributed by atoms with E-state index in [1.165, 1.54) is 29.5 Å². The molecule has 0 unspecified atom stereocenters. The fourth-order valence-electron chi connectivity index (χ4n) is 2.27. The van der Waals surface area contributed by atoms with E-state index in [-0.39, 0.29) is 0 Å². The Labute approximate surface area is 105 Å². The zero-order valence-corrected chi connectivity index (χ0v) is 10.9. The molecule has 3 nitrogen and oxygen atoms in total. The van der Waals surface area contributed by atoms with Crippen LogP contribution in [0.1, 0.15) is 24.8 Å². The Morgan fingerprint density at radius 1 is 1.24 bits per heavy atom. The Morgan fingerprint density at radius 3 is 2.82 bits per heavy atom. The third-order valence-corrected chi connectivity index (χ3v) is 4.16. The van der Waals surface area contributed by atoms with Crippen molar-refractivity contribution in [3.63, 3.8) is 0 Å². The zero-order chi connectivity index (χ0) is 11.7. The van der Waals surface area contributed by atoms with Crippen LogP contribution in [0.3, 0.4) is 0 Å². The lowest BCUT2D eigenvalue weighted by atomic mass is 10.2. The lowest BCUT2D eigenvalue weighted by Gasteiger charge is -2.26. The largest absolute Gasteiger partial charge is 0.294 e. The van der Waals surface area contributed by atoms with Crippen molar-refractivity contribution in [1.29, 1.82) is 0 Å². The van der Waals surface area contributed by atoms with E-state index >= 15 is 0 Å². The molecule has 4 heteroatoms. The molecule has 90 valence electrons. The Hall–Kier alpha value is -1.13. The highest BCUT2D eigenvalue weighted by molar-refractivity contribution is 7.22. The summed E-state index contributed by atoms with van der Waals surface area (Å²) in [5, 5.41) is 3.31. The third-order valence-electron chi connectivity index (χ3n) is 3.23.